The van der Waals surface area contributed by atoms with Crippen molar-refractivity contribution in [1.29, 1.82) is 0 Å². The Hall–Kier alpha value is -2.00. The number of piperidine rings is 1. The number of amides is 1. The number of rotatable bonds is 8. The maximum atomic E-state index is 13.1. The van der Waals surface area contributed by atoms with Crippen LogP contribution in [0.1, 0.15) is 36.9 Å². The van der Waals surface area contributed by atoms with Crippen LogP contribution in [-0.2, 0) is 20.6 Å². The molecule has 2 aromatic rings. The summed E-state index contributed by atoms with van der Waals surface area (Å²) in [6.07, 6.45) is 1.19. The summed E-state index contributed by atoms with van der Waals surface area (Å²) in [5, 5.41) is 3.60. The lowest BCUT2D eigenvalue weighted by Crippen LogP contribution is -2.46. The quantitative estimate of drug-likeness (QED) is 0.563. The molecule has 0 radical (unpaired) electrons. The van der Waals surface area contributed by atoms with E-state index in [-0.39, 0.29) is 24.2 Å². The molecule has 1 aliphatic rings. The molecule has 1 fully saturated rings. The fraction of sp³-hybridized carbons (Fsp3) is 0.435. The van der Waals surface area contributed by atoms with Crippen molar-refractivity contribution in [2.75, 3.05) is 27.3 Å². The number of methoxy groups -OCH3 is 2. The highest BCUT2D eigenvalue weighted by Crippen LogP contribution is 2.31. The molecular weight excluding hydrogens is 487 g/mol. The van der Waals surface area contributed by atoms with Crippen molar-refractivity contribution < 1.29 is 22.7 Å². The molecule has 180 valence electrons. The van der Waals surface area contributed by atoms with Gasteiger partial charge in [-0.25, -0.2) is 12.7 Å². The first kappa shape index (κ1) is 25.6. The van der Waals surface area contributed by atoms with Crippen LogP contribution < -0.4 is 14.8 Å². The van der Waals surface area contributed by atoms with E-state index < -0.39 is 15.9 Å². The van der Waals surface area contributed by atoms with Gasteiger partial charge >= 0.3 is 0 Å². The zero-order valence-corrected chi connectivity index (χ0v) is 21.1. The van der Waals surface area contributed by atoms with E-state index in [1.165, 1.54) is 4.31 Å². The molecule has 2 aromatic carbocycles. The van der Waals surface area contributed by atoms with Crippen LogP contribution in [0.3, 0.4) is 0 Å². The van der Waals surface area contributed by atoms with Gasteiger partial charge in [-0.15, -0.1) is 0 Å². The number of sulfonamides is 1. The van der Waals surface area contributed by atoms with Gasteiger partial charge in [0, 0.05) is 34.3 Å². The third kappa shape index (κ3) is 6.12. The first-order valence-electron chi connectivity index (χ1n) is 10.6. The summed E-state index contributed by atoms with van der Waals surface area (Å²) in [7, 11) is -0.565. The summed E-state index contributed by atoms with van der Waals surface area (Å²) in [6.45, 7) is 2.32. The van der Waals surface area contributed by atoms with E-state index in [2.05, 4.69) is 5.32 Å². The highest BCUT2D eigenvalue weighted by atomic mass is 35.5. The lowest BCUT2D eigenvalue weighted by atomic mass is 9.97. The van der Waals surface area contributed by atoms with Gasteiger partial charge in [0.05, 0.1) is 31.9 Å². The fourth-order valence-corrected chi connectivity index (χ4v) is 6.30. The molecule has 0 aromatic heterocycles. The number of nitrogens with one attached hydrogen (secondary N) is 1. The highest BCUT2D eigenvalue weighted by Gasteiger charge is 2.33. The Kier molecular flexibility index (Phi) is 8.50. The number of carbonyl (C=O) groups excluding carboxylic acids is 1. The maximum Gasteiger partial charge on any atom is 0.224 e. The van der Waals surface area contributed by atoms with Crippen LogP contribution in [0.2, 0.25) is 10.0 Å². The largest absolute Gasteiger partial charge is 0.497 e. The molecule has 0 unspecified atom stereocenters. The van der Waals surface area contributed by atoms with Gasteiger partial charge in [-0.05, 0) is 50.1 Å². The van der Waals surface area contributed by atoms with Gasteiger partial charge in [0.25, 0.3) is 0 Å². The van der Waals surface area contributed by atoms with Gasteiger partial charge in [0.2, 0.25) is 15.9 Å². The predicted octanol–water partition coefficient (Wildman–Crippen LogP) is 4.43. The molecule has 10 heteroatoms. The van der Waals surface area contributed by atoms with E-state index in [9.17, 15) is 13.2 Å². The molecule has 1 aliphatic heterocycles. The van der Waals surface area contributed by atoms with Crippen LogP contribution in [0.4, 0.5) is 0 Å². The lowest BCUT2D eigenvalue weighted by molar-refractivity contribution is -0.126. The normalized spacial score (nSPS) is 17.9. The van der Waals surface area contributed by atoms with E-state index in [1.54, 1.807) is 44.6 Å². The Labute approximate surface area is 205 Å². The van der Waals surface area contributed by atoms with E-state index in [0.29, 0.717) is 46.5 Å². The molecule has 0 saturated carbocycles. The van der Waals surface area contributed by atoms with Gasteiger partial charge in [0.1, 0.15) is 11.5 Å². The molecule has 2 atom stereocenters. The standard InChI is InChI=1S/C23H28Cl2N2O5S/c1-15(18-12-17(31-2)9-10-22(18)32-3)26-23(28)16-6-5-11-27(13-16)33(29,30)14-19-20(24)7-4-8-21(19)25/h4,7-10,12,15-16H,5-6,11,13-14H2,1-3H3,(H,26,28)/t15-,16-/m0/s1. The van der Waals surface area contributed by atoms with Crippen molar-refractivity contribution in [1.82, 2.24) is 9.62 Å². The van der Waals surface area contributed by atoms with Gasteiger partial charge < -0.3 is 14.8 Å². The molecule has 0 bridgehead atoms. The average Bonchev–Trinajstić information content (AvgIpc) is 2.81. The first-order valence-corrected chi connectivity index (χ1v) is 13.0. The van der Waals surface area contributed by atoms with Crippen molar-refractivity contribution >= 4 is 39.1 Å². The molecule has 1 amide bonds. The third-order valence-corrected chi connectivity index (χ3v) is 8.28. The van der Waals surface area contributed by atoms with Gasteiger partial charge in [-0.3, -0.25) is 4.79 Å². The topological polar surface area (TPSA) is 84.9 Å². The molecule has 3 rings (SSSR count). The van der Waals surface area contributed by atoms with Crippen LogP contribution in [0, 0.1) is 5.92 Å². The molecule has 7 nitrogen and oxygen atoms in total. The Morgan fingerprint density at radius 1 is 1.18 bits per heavy atom. The second-order valence-corrected chi connectivity index (χ2v) is 10.8. The molecule has 1 N–H and O–H groups in total. The second-order valence-electron chi connectivity index (χ2n) is 7.99. The number of benzene rings is 2. The molecular formula is C23H28Cl2N2O5S. The van der Waals surface area contributed by atoms with Crippen LogP contribution >= 0.6 is 23.2 Å². The Morgan fingerprint density at radius 2 is 1.88 bits per heavy atom. The number of carbonyl (C=O) groups is 1. The molecule has 1 saturated heterocycles. The summed E-state index contributed by atoms with van der Waals surface area (Å²) >= 11 is 12.3. The summed E-state index contributed by atoms with van der Waals surface area (Å²) < 4.78 is 38.2. The number of halogens is 2. The number of nitrogens with zero attached hydrogens (tertiary/aromatic N) is 1. The van der Waals surface area contributed by atoms with Gasteiger partial charge in [-0.1, -0.05) is 29.3 Å². The maximum absolute atomic E-state index is 13.1. The van der Waals surface area contributed by atoms with Crippen LogP contribution in [0.15, 0.2) is 36.4 Å². The fourth-order valence-electron chi connectivity index (χ4n) is 3.94. The summed E-state index contributed by atoms with van der Waals surface area (Å²) in [5.41, 5.74) is 1.14. The minimum atomic E-state index is -3.70. The monoisotopic (exact) mass is 514 g/mol. The summed E-state index contributed by atoms with van der Waals surface area (Å²) in [4.78, 5) is 13.0. The Balaban J connectivity index is 1.70. The third-order valence-electron chi connectivity index (χ3n) is 5.80. The minimum absolute atomic E-state index is 0.109. The van der Waals surface area contributed by atoms with Crippen LogP contribution in [0.5, 0.6) is 11.5 Å². The molecule has 1 heterocycles. The van der Waals surface area contributed by atoms with Crippen molar-refractivity contribution in [3.8, 4) is 11.5 Å². The van der Waals surface area contributed by atoms with Crippen molar-refractivity contribution in [3.63, 3.8) is 0 Å². The second kappa shape index (κ2) is 11.0. The van der Waals surface area contributed by atoms with Crippen LogP contribution in [0.25, 0.3) is 0 Å². The van der Waals surface area contributed by atoms with Gasteiger partial charge in [-0.2, -0.15) is 0 Å². The number of ether oxygens (including phenoxy) is 2. The SMILES string of the molecule is COc1ccc(OC)c([C@H](C)NC(=O)[C@H]2CCCN(S(=O)(=O)Cc3c(Cl)cccc3Cl)C2)c1. The Morgan fingerprint density at radius 3 is 2.52 bits per heavy atom. The van der Waals surface area contributed by atoms with Crippen molar-refractivity contribution in [2.45, 2.75) is 31.6 Å². The summed E-state index contributed by atoms with van der Waals surface area (Å²) in [5.74, 6) is 0.308. The first-order chi connectivity index (χ1) is 15.7. The lowest BCUT2D eigenvalue weighted by Gasteiger charge is -2.32. The van der Waals surface area contributed by atoms with Crippen molar-refractivity contribution in [2.24, 2.45) is 5.92 Å². The zero-order chi connectivity index (χ0) is 24.2. The van der Waals surface area contributed by atoms with E-state index in [1.807, 2.05) is 13.0 Å². The number of hydrogen-bond acceptors (Lipinski definition) is 5. The van der Waals surface area contributed by atoms with E-state index >= 15 is 0 Å². The Bertz CT molecular complexity index is 1090. The average molecular weight is 515 g/mol. The molecule has 33 heavy (non-hydrogen) atoms. The smallest absolute Gasteiger partial charge is 0.224 e. The van der Waals surface area contributed by atoms with E-state index in [4.69, 9.17) is 32.7 Å². The van der Waals surface area contributed by atoms with E-state index in [0.717, 1.165) is 5.56 Å². The van der Waals surface area contributed by atoms with Crippen LogP contribution in [-0.4, -0.2) is 45.9 Å². The predicted molar refractivity (Wildman–Crippen MR) is 129 cm³/mol. The zero-order valence-electron chi connectivity index (χ0n) is 18.8. The molecule has 0 aliphatic carbocycles. The molecule has 0 spiro atoms. The van der Waals surface area contributed by atoms with Gasteiger partial charge in [0.15, 0.2) is 0 Å². The summed E-state index contributed by atoms with van der Waals surface area (Å²) in [6, 6.07) is 9.92. The highest BCUT2D eigenvalue weighted by molar-refractivity contribution is 7.88. The number of hydrogen-bond donors (Lipinski definition) is 1. The van der Waals surface area contributed by atoms with Crippen molar-refractivity contribution in [3.05, 3.63) is 57.6 Å². The minimum Gasteiger partial charge on any atom is -0.497 e.